The molecule has 0 amide bonds. The van der Waals surface area contributed by atoms with Gasteiger partial charge in [0.25, 0.3) is 0 Å². The number of phosphoric acid groups is 2. The second-order valence-electron chi connectivity index (χ2n) is 28.1. The van der Waals surface area contributed by atoms with Crippen molar-refractivity contribution in [2.75, 3.05) is 39.6 Å². The monoisotopic (exact) mass is 1400 g/mol. The van der Waals surface area contributed by atoms with Crippen LogP contribution in [0, 0.1) is 11.8 Å². The van der Waals surface area contributed by atoms with Crippen molar-refractivity contribution < 1.29 is 80.2 Å². The van der Waals surface area contributed by atoms with Gasteiger partial charge < -0.3 is 33.8 Å². The highest BCUT2D eigenvalue weighted by Crippen LogP contribution is 2.45. The number of unbranched alkanes of at least 4 members (excludes halogenated alkanes) is 44. The van der Waals surface area contributed by atoms with E-state index in [4.69, 9.17) is 37.0 Å². The van der Waals surface area contributed by atoms with Gasteiger partial charge in [0.15, 0.2) is 12.2 Å². The van der Waals surface area contributed by atoms with Gasteiger partial charge in [0.2, 0.25) is 0 Å². The molecule has 17 nitrogen and oxygen atoms in total. The van der Waals surface area contributed by atoms with E-state index in [0.717, 1.165) is 102 Å². The Hall–Kier alpha value is -1.94. The van der Waals surface area contributed by atoms with E-state index >= 15 is 0 Å². The van der Waals surface area contributed by atoms with Gasteiger partial charge in [-0.1, -0.05) is 343 Å². The molecule has 0 radical (unpaired) electrons. The molecule has 0 heterocycles. The number of hydrogen-bond acceptors (Lipinski definition) is 15. The van der Waals surface area contributed by atoms with Gasteiger partial charge in [-0.3, -0.25) is 37.3 Å². The summed E-state index contributed by atoms with van der Waals surface area (Å²) in [6.07, 6.45) is 55.3. The normalized spacial score (nSPS) is 14.3. The number of phosphoric ester groups is 2. The van der Waals surface area contributed by atoms with Crippen molar-refractivity contribution in [3.8, 4) is 0 Å². The molecule has 19 heteroatoms. The van der Waals surface area contributed by atoms with Crippen LogP contribution < -0.4 is 0 Å². The highest BCUT2D eigenvalue weighted by molar-refractivity contribution is 7.47. The van der Waals surface area contributed by atoms with Gasteiger partial charge in [-0.05, 0) is 37.5 Å². The van der Waals surface area contributed by atoms with E-state index in [2.05, 4.69) is 41.5 Å². The van der Waals surface area contributed by atoms with Crippen LogP contribution in [0.3, 0.4) is 0 Å². The summed E-state index contributed by atoms with van der Waals surface area (Å²) in [5.74, 6) is -0.541. The third-order valence-electron chi connectivity index (χ3n) is 18.1. The minimum absolute atomic E-state index is 0.107. The molecule has 0 fully saturated rings. The number of rotatable bonds is 75. The average Bonchev–Trinajstić information content (AvgIpc) is 1.90. The van der Waals surface area contributed by atoms with Crippen molar-refractivity contribution in [2.45, 2.75) is 413 Å². The molecule has 564 valence electrons. The average molecular weight is 1400 g/mol. The van der Waals surface area contributed by atoms with Crippen LogP contribution in [0.5, 0.6) is 0 Å². The number of ether oxygens (including phenoxy) is 4. The van der Waals surface area contributed by atoms with Crippen LogP contribution in [0.25, 0.3) is 0 Å². The molecular weight excluding hydrogens is 1250 g/mol. The molecule has 0 aromatic carbocycles. The second kappa shape index (κ2) is 67.9. The van der Waals surface area contributed by atoms with Gasteiger partial charge in [-0.15, -0.1) is 0 Å². The molecule has 0 saturated heterocycles. The predicted octanol–water partition coefficient (Wildman–Crippen LogP) is 22.3. The summed E-state index contributed by atoms with van der Waals surface area (Å²) in [5, 5.41) is 10.6. The Morgan fingerprint density at radius 1 is 0.305 bits per heavy atom. The summed E-state index contributed by atoms with van der Waals surface area (Å²) >= 11 is 0. The molecular formula is C76H148O17P2. The highest BCUT2D eigenvalue weighted by Gasteiger charge is 2.30. The quantitative estimate of drug-likeness (QED) is 0.0222. The molecule has 0 spiro atoms. The van der Waals surface area contributed by atoms with E-state index in [1.807, 2.05) is 0 Å². The number of carbonyl (C=O) groups excluding carboxylic acids is 4. The fraction of sp³-hybridized carbons (Fsp3) is 0.947. The summed E-state index contributed by atoms with van der Waals surface area (Å²) in [6.45, 7) is 9.62. The Kier molecular flexibility index (Phi) is 66.5. The van der Waals surface area contributed by atoms with Crippen molar-refractivity contribution in [3.05, 3.63) is 0 Å². The third kappa shape index (κ3) is 69.0. The summed E-state index contributed by atoms with van der Waals surface area (Å²) in [4.78, 5) is 72.8. The summed E-state index contributed by atoms with van der Waals surface area (Å²) in [6, 6.07) is 0. The third-order valence-corrected chi connectivity index (χ3v) is 20.0. The van der Waals surface area contributed by atoms with Crippen LogP contribution in [-0.2, 0) is 65.4 Å². The standard InChI is InChI=1S/C76H148O17P2/c1-7-10-12-14-16-18-20-24-29-33-40-46-52-58-73(78)86-64-71(92-76(81)61-55-49-43-35-31-27-23-22-26-28-32-39-45-51-57-69(6)9-3)66-90-94(82,83)88-62-70(77)63-89-95(84,85)91-67-72(65-87-74(79)59-53-47-41-37-36-38-44-50-56-68(4)5)93-75(80)60-54-48-42-34-30-25-21-19-17-15-13-11-8-2/h68-72,77H,7-67H2,1-6H3,(H,82,83)(H,84,85)/t69?,70-,71-,72-/m1/s1. The molecule has 0 aromatic rings. The Morgan fingerprint density at radius 2 is 0.537 bits per heavy atom. The topological polar surface area (TPSA) is 237 Å². The molecule has 3 N–H and O–H groups in total. The van der Waals surface area contributed by atoms with E-state index in [1.54, 1.807) is 0 Å². The van der Waals surface area contributed by atoms with Crippen molar-refractivity contribution in [3.63, 3.8) is 0 Å². The SMILES string of the molecule is CCCCCCCCCCCCCCCC(=O)OC[C@H](COP(=O)(O)OC[C@@H](O)COP(=O)(O)OC[C@@H](COC(=O)CCCCCCCCCCC(C)C)OC(=O)CCCCCCCCCCCCCCC)OC(=O)CCCCCCCCCCCCCCCCC(C)CC. The molecule has 0 aromatic heterocycles. The van der Waals surface area contributed by atoms with Crippen LogP contribution in [0.4, 0.5) is 0 Å². The van der Waals surface area contributed by atoms with Crippen molar-refractivity contribution in [1.29, 1.82) is 0 Å². The Morgan fingerprint density at radius 3 is 0.800 bits per heavy atom. The summed E-state index contributed by atoms with van der Waals surface area (Å²) in [5.41, 5.74) is 0. The maximum Gasteiger partial charge on any atom is 0.472 e. The summed E-state index contributed by atoms with van der Waals surface area (Å²) in [7, 11) is -9.91. The van der Waals surface area contributed by atoms with E-state index in [9.17, 15) is 43.2 Å². The molecule has 95 heavy (non-hydrogen) atoms. The van der Waals surface area contributed by atoms with Crippen molar-refractivity contribution >= 4 is 39.5 Å². The first-order valence-corrected chi connectivity index (χ1v) is 42.5. The van der Waals surface area contributed by atoms with Crippen LogP contribution in [0.2, 0.25) is 0 Å². The van der Waals surface area contributed by atoms with Crippen LogP contribution in [-0.4, -0.2) is 96.7 Å². The smallest absolute Gasteiger partial charge is 0.462 e. The van der Waals surface area contributed by atoms with E-state index in [0.29, 0.717) is 25.7 Å². The number of aliphatic hydroxyl groups excluding tert-OH is 1. The van der Waals surface area contributed by atoms with Crippen LogP contribution in [0.1, 0.15) is 395 Å². The van der Waals surface area contributed by atoms with Crippen molar-refractivity contribution in [2.24, 2.45) is 11.8 Å². The minimum atomic E-state index is -4.96. The first-order valence-electron chi connectivity index (χ1n) is 39.5. The minimum Gasteiger partial charge on any atom is -0.462 e. The maximum absolute atomic E-state index is 13.1. The molecule has 0 bridgehead atoms. The van der Waals surface area contributed by atoms with E-state index in [-0.39, 0.29) is 25.7 Å². The molecule has 3 unspecified atom stereocenters. The van der Waals surface area contributed by atoms with Gasteiger partial charge in [0, 0.05) is 25.7 Å². The largest absolute Gasteiger partial charge is 0.472 e. The maximum atomic E-state index is 13.1. The van der Waals surface area contributed by atoms with E-state index < -0.39 is 97.5 Å². The van der Waals surface area contributed by atoms with Crippen LogP contribution in [0.15, 0.2) is 0 Å². The van der Waals surface area contributed by atoms with Gasteiger partial charge in [-0.2, -0.15) is 0 Å². The van der Waals surface area contributed by atoms with Gasteiger partial charge >= 0.3 is 39.5 Å². The molecule has 0 aliphatic rings. The van der Waals surface area contributed by atoms with Gasteiger partial charge in [0.1, 0.15) is 19.3 Å². The fourth-order valence-electron chi connectivity index (χ4n) is 11.6. The molecule has 6 atom stereocenters. The lowest BCUT2D eigenvalue weighted by Crippen LogP contribution is -2.30. The fourth-order valence-corrected chi connectivity index (χ4v) is 13.2. The lowest BCUT2D eigenvalue weighted by atomic mass is 9.99. The second-order valence-corrected chi connectivity index (χ2v) is 31.0. The molecule has 0 aliphatic heterocycles. The number of hydrogen-bond donors (Lipinski definition) is 3. The van der Waals surface area contributed by atoms with Gasteiger partial charge in [-0.25, -0.2) is 9.13 Å². The zero-order valence-corrected chi connectivity index (χ0v) is 63.8. The Labute approximate surface area is 581 Å². The first kappa shape index (κ1) is 93.1. The zero-order chi connectivity index (χ0) is 70.0. The molecule has 0 aliphatic carbocycles. The van der Waals surface area contributed by atoms with Crippen LogP contribution >= 0.6 is 15.6 Å². The lowest BCUT2D eigenvalue weighted by molar-refractivity contribution is -0.161. The Balaban J connectivity index is 5.25. The Bertz CT molecular complexity index is 1840. The predicted molar refractivity (Wildman–Crippen MR) is 386 cm³/mol. The number of aliphatic hydroxyl groups is 1. The number of esters is 4. The first-order chi connectivity index (χ1) is 45.9. The number of carbonyl (C=O) groups is 4. The molecule has 0 rings (SSSR count). The summed E-state index contributed by atoms with van der Waals surface area (Å²) < 4.78 is 68.5. The lowest BCUT2D eigenvalue weighted by Gasteiger charge is -2.21. The van der Waals surface area contributed by atoms with Gasteiger partial charge in [0.05, 0.1) is 26.4 Å². The zero-order valence-electron chi connectivity index (χ0n) is 62.0. The van der Waals surface area contributed by atoms with Crippen molar-refractivity contribution in [1.82, 2.24) is 0 Å². The molecule has 0 saturated carbocycles. The highest BCUT2D eigenvalue weighted by atomic mass is 31.2. The van der Waals surface area contributed by atoms with E-state index in [1.165, 1.54) is 212 Å².